The van der Waals surface area contributed by atoms with Crippen molar-refractivity contribution in [1.29, 1.82) is 0 Å². The molecule has 3 aromatic carbocycles. The molecule has 3 aromatic rings. The number of carboxylic acids is 1. The van der Waals surface area contributed by atoms with Gasteiger partial charge < -0.3 is 20.8 Å². The minimum atomic E-state index is -0.914. The topological polar surface area (TPSA) is 81.6 Å². The van der Waals surface area contributed by atoms with Crippen molar-refractivity contribution in [3.05, 3.63) is 101 Å². The van der Waals surface area contributed by atoms with E-state index in [0.29, 0.717) is 16.8 Å². The fourth-order valence-electron chi connectivity index (χ4n) is 5.82. The highest BCUT2D eigenvalue weighted by Crippen LogP contribution is 2.38. The van der Waals surface area contributed by atoms with Crippen LogP contribution in [0.25, 0.3) is 0 Å². The fraction of sp³-hybridized carbons (Fsp3) is 0.441. The van der Waals surface area contributed by atoms with Crippen LogP contribution in [0.4, 0.5) is 14.5 Å². The number of aliphatic carboxylic acids is 1. The molecule has 2 unspecified atom stereocenters. The van der Waals surface area contributed by atoms with Crippen molar-refractivity contribution < 1.29 is 23.8 Å². The first-order valence-electron chi connectivity index (χ1n) is 14.5. The Morgan fingerprint density at radius 3 is 2.20 bits per heavy atom. The van der Waals surface area contributed by atoms with E-state index < -0.39 is 29.7 Å². The Morgan fingerprint density at radius 2 is 1.59 bits per heavy atom. The lowest BCUT2D eigenvalue weighted by molar-refractivity contribution is -0.136. The number of carboxylic acid groups (broad SMARTS) is 1. The Bertz CT molecular complexity index is 1290. The largest absolute Gasteiger partial charge is 0.481 e. The van der Waals surface area contributed by atoms with E-state index in [-0.39, 0.29) is 30.3 Å². The maximum Gasteiger partial charge on any atom is 0.307 e. The van der Waals surface area contributed by atoms with Gasteiger partial charge in [0, 0.05) is 23.8 Å². The standard InChI is InChI=1S/C34H42F2N2O3/c1-33(2,3)25-8-7-9-26(20-25)34(14-5-4-6-15-34)37-22-31(39)30(18-24-16-27(35)21-28(36)17-24)38-29-12-10-23(11-13-29)19-32(40)41/h7-13,16-17,20-21,30-31,37-39H,4-6,14-15,18-19,22H2,1-3H3,(H,40,41). The zero-order valence-electron chi connectivity index (χ0n) is 24.2. The molecule has 0 aliphatic heterocycles. The van der Waals surface area contributed by atoms with Crippen molar-refractivity contribution in [3.8, 4) is 0 Å². The van der Waals surface area contributed by atoms with Gasteiger partial charge in [-0.25, -0.2) is 8.78 Å². The summed E-state index contributed by atoms with van der Waals surface area (Å²) in [5, 5.41) is 27.7. The van der Waals surface area contributed by atoms with E-state index in [0.717, 1.165) is 31.7 Å². The summed E-state index contributed by atoms with van der Waals surface area (Å²) in [5.41, 5.74) is 4.02. The number of aliphatic hydroxyl groups is 1. The molecule has 41 heavy (non-hydrogen) atoms. The van der Waals surface area contributed by atoms with Gasteiger partial charge in [0.2, 0.25) is 0 Å². The molecular weight excluding hydrogens is 522 g/mol. The maximum absolute atomic E-state index is 14.0. The molecule has 1 saturated carbocycles. The number of benzene rings is 3. The van der Waals surface area contributed by atoms with Crippen molar-refractivity contribution in [2.24, 2.45) is 0 Å². The summed E-state index contributed by atoms with van der Waals surface area (Å²) >= 11 is 0. The van der Waals surface area contributed by atoms with E-state index in [1.54, 1.807) is 24.3 Å². The zero-order chi connectivity index (χ0) is 29.6. The van der Waals surface area contributed by atoms with Crippen LogP contribution in [0.2, 0.25) is 0 Å². The van der Waals surface area contributed by atoms with Crippen LogP contribution in [0.3, 0.4) is 0 Å². The van der Waals surface area contributed by atoms with Crippen LogP contribution in [0.15, 0.2) is 66.7 Å². The number of halogens is 2. The fourth-order valence-corrected chi connectivity index (χ4v) is 5.82. The zero-order valence-corrected chi connectivity index (χ0v) is 24.2. The molecule has 0 aromatic heterocycles. The summed E-state index contributed by atoms with van der Waals surface area (Å²) in [6.07, 6.45) is 4.52. The highest BCUT2D eigenvalue weighted by Gasteiger charge is 2.35. The SMILES string of the molecule is CC(C)(C)c1cccc(C2(NCC(O)C(Cc3cc(F)cc(F)c3)Nc3ccc(CC(=O)O)cc3)CCCCC2)c1. The van der Waals surface area contributed by atoms with Gasteiger partial charge in [0.15, 0.2) is 0 Å². The molecular formula is C34H42F2N2O3. The molecule has 5 nitrogen and oxygen atoms in total. The third kappa shape index (κ3) is 8.37. The first-order valence-corrected chi connectivity index (χ1v) is 14.5. The van der Waals surface area contributed by atoms with E-state index in [1.807, 2.05) is 0 Å². The smallest absolute Gasteiger partial charge is 0.307 e. The number of hydrogen-bond donors (Lipinski definition) is 4. The Kier molecular flexibility index (Phi) is 9.82. The second-order valence-corrected chi connectivity index (χ2v) is 12.4. The minimum Gasteiger partial charge on any atom is -0.481 e. The third-order valence-electron chi connectivity index (χ3n) is 8.14. The summed E-state index contributed by atoms with van der Waals surface area (Å²) in [4.78, 5) is 11.1. The van der Waals surface area contributed by atoms with Crippen molar-refractivity contribution in [3.63, 3.8) is 0 Å². The van der Waals surface area contributed by atoms with Crippen LogP contribution in [0, 0.1) is 11.6 Å². The van der Waals surface area contributed by atoms with Gasteiger partial charge in [-0.2, -0.15) is 0 Å². The number of anilines is 1. The van der Waals surface area contributed by atoms with Gasteiger partial charge in [0.1, 0.15) is 11.6 Å². The molecule has 1 fully saturated rings. The minimum absolute atomic E-state index is 0.0145. The molecule has 2 atom stereocenters. The molecule has 0 bridgehead atoms. The molecule has 7 heteroatoms. The van der Waals surface area contributed by atoms with Gasteiger partial charge >= 0.3 is 5.97 Å². The molecule has 220 valence electrons. The van der Waals surface area contributed by atoms with Crippen LogP contribution in [0.5, 0.6) is 0 Å². The van der Waals surface area contributed by atoms with Crippen molar-refractivity contribution >= 4 is 11.7 Å². The quantitative estimate of drug-likeness (QED) is 0.208. The normalized spacial score (nSPS) is 16.6. The van der Waals surface area contributed by atoms with Crippen molar-refractivity contribution in [2.45, 2.75) is 88.8 Å². The molecule has 4 rings (SSSR count). The summed E-state index contributed by atoms with van der Waals surface area (Å²) in [5.74, 6) is -2.24. The van der Waals surface area contributed by atoms with E-state index in [2.05, 4.69) is 55.7 Å². The van der Waals surface area contributed by atoms with Gasteiger partial charge in [0.25, 0.3) is 0 Å². The molecule has 0 amide bonds. The Labute approximate surface area is 242 Å². The Morgan fingerprint density at radius 1 is 0.927 bits per heavy atom. The average molecular weight is 565 g/mol. The second-order valence-electron chi connectivity index (χ2n) is 12.4. The van der Waals surface area contributed by atoms with E-state index in [1.165, 1.54) is 29.7 Å². The van der Waals surface area contributed by atoms with Crippen molar-refractivity contribution in [2.75, 3.05) is 11.9 Å². The molecule has 1 aliphatic rings. The van der Waals surface area contributed by atoms with Gasteiger partial charge in [-0.3, -0.25) is 4.79 Å². The molecule has 1 aliphatic carbocycles. The van der Waals surface area contributed by atoms with E-state index in [9.17, 15) is 18.7 Å². The summed E-state index contributed by atoms with van der Waals surface area (Å²) in [6.45, 7) is 6.90. The number of aliphatic hydroxyl groups excluding tert-OH is 1. The second kappa shape index (κ2) is 13.1. The first-order chi connectivity index (χ1) is 19.4. The summed E-state index contributed by atoms with van der Waals surface area (Å²) < 4.78 is 28.0. The van der Waals surface area contributed by atoms with E-state index in [4.69, 9.17) is 5.11 Å². The predicted molar refractivity (Wildman–Crippen MR) is 159 cm³/mol. The maximum atomic E-state index is 14.0. The van der Waals surface area contributed by atoms with Crippen LogP contribution < -0.4 is 10.6 Å². The Balaban J connectivity index is 1.57. The van der Waals surface area contributed by atoms with Crippen molar-refractivity contribution in [1.82, 2.24) is 5.32 Å². The number of hydrogen-bond acceptors (Lipinski definition) is 4. The van der Waals surface area contributed by atoms with Crippen LogP contribution in [0.1, 0.15) is 75.1 Å². The first kappa shape index (κ1) is 30.7. The monoisotopic (exact) mass is 564 g/mol. The Hall–Kier alpha value is -3.29. The summed E-state index contributed by atoms with van der Waals surface area (Å²) in [7, 11) is 0. The number of rotatable bonds is 11. The highest BCUT2D eigenvalue weighted by atomic mass is 19.1. The summed E-state index contributed by atoms with van der Waals surface area (Å²) in [6, 6.07) is 18.5. The molecule has 0 radical (unpaired) electrons. The molecule has 4 N–H and O–H groups in total. The lowest BCUT2D eigenvalue weighted by Gasteiger charge is -2.41. The van der Waals surface area contributed by atoms with E-state index >= 15 is 0 Å². The van der Waals surface area contributed by atoms with Crippen LogP contribution in [-0.4, -0.2) is 34.9 Å². The van der Waals surface area contributed by atoms with Gasteiger partial charge in [-0.05, 0) is 71.2 Å². The van der Waals surface area contributed by atoms with Crippen LogP contribution >= 0.6 is 0 Å². The third-order valence-corrected chi connectivity index (χ3v) is 8.14. The van der Waals surface area contributed by atoms with Gasteiger partial charge in [0.05, 0.1) is 18.6 Å². The molecule has 0 heterocycles. The number of carbonyl (C=O) groups is 1. The van der Waals surface area contributed by atoms with Gasteiger partial charge in [-0.1, -0.05) is 76.4 Å². The highest BCUT2D eigenvalue weighted by molar-refractivity contribution is 5.70. The lowest BCUT2D eigenvalue weighted by Crippen LogP contribution is -2.50. The van der Waals surface area contributed by atoms with Crippen LogP contribution in [-0.2, 0) is 28.6 Å². The average Bonchev–Trinajstić information content (AvgIpc) is 2.92. The van der Waals surface area contributed by atoms with Gasteiger partial charge in [-0.15, -0.1) is 0 Å². The lowest BCUT2D eigenvalue weighted by atomic mass is 9.74. The molecule has 0 saturated heterocycles. The predicted octanol–water partition coefficient (Wildman–Crippen LogP) is 6.72. The molecule has 0 spiro atoms. The number of nitrogens with one attached hydrogen (secondary N) is 2.